The Balaban J connectivity index is 1.97. The Labute approximate surface area is 124 Å². The molecule has 4 nitrogen and oxygen atoms in total. The molecule has 1 aromatic heterocycles. The van der Waals surface area contributed by atoms with E-state index in [4.69, 9.17) is 0 Å². The van der Waals surface area contributed by atoms with Gasteiger partial charge in [0.2, 0.25) is 0 Å². The van der Waals surface area contributed by atoms with Gasteiger partial charge in [-0.25, -0.2) is 9.18 Å². The van der Waals surface area contributed by atoms with Crippen LogP contribution in [0.15, 0.2) is 24.3 Å². The number of carbonyl (C=O) groups is 2. The number of thiophene rings is 1. The molecular formula is C15H14FNO3S. The molecule has 21 heavy (non-hydrogen) atoms. The number of carboxylic acid groups (broad SMARTS) is 1. The minimum atomic E-state index is -0.986. The minimum Gasteiger partial charge on any atom is -0.480 e. The molecular weight excluding hydrogens is 293 g/mol. The number of carboxylic acids is 1. The summed E-state index contributed by atoms with van der Waals surface area (Å²) in [5.74, 6) is -1.75. The maximum absolute atomic E-state index is 13.7. The summed E-state index contributed by atoms with van der Waals surface area (Å²) in [5, 5.41) is 9.69. The third-order valence-corrected chi connectivity index (χ3v) is 5.02. The van der Waals surface area contributed by atoms with Crippen molar-refractivity contribution >= 4 is 33.3 Å². The fraction of sp³-hybridized carbons (Fsp3) is 0.333. The highest BCUT2D eigenvalue weighted by Gasteiger charge is 2.40. The molecule has 3 rings (SSSR count). The van der Waals surface area contributed by atoms with Crippen molar-refractivity contribution < 1.29 is 19.1 Å². The first kappa shape index (κ1) is 14.0. The van der Waals surface area contributed by atoms with E-state index in [9.17, 15) is 19.1 Å². The maximum atomic E-state index is 13.7. The van der Waals surface area contributed by atoms with Gasteiger partial charge in [-0.1, -0.05) is 13.0 Å². The zero-order valence-electron chi connectivity index (χ0n) is 11.4. The second-order valence-corrected chi connectivity index (χ2v) is 6.39. The maximum Gasteiger partial charge on any atom is 0.326 e. The lowest BCUT2D eigenvalue weighted by Crippen LogP contribution is -2.42. The number of amides is 1. The van der Waals surface area contributed by atoms with Crippen molar-refractivity contribution in [3.05, 3.63) is 35.0 Å². The van der Waals surface area contributed by atoms with Crippen LogP contribution in [0.4, 0.5) is 4.39 Å². The van der Waals surface area contributed by atoms with Gasteiger partial charge in [0.25, 0.3) is 5.91 Å². The number of benzene rings is 1. The van der Waals surface area contributed by atoms with E-state index in [0.717, 1.165) is 0 Å². The van der Waals surface area contributed by atoms with E-state index in [0.29, 0.717) is 27.9 Å². The van der Waals surface area contributed by atoms with E-state index in [-0.39, 0.29) is 17.6 Å². The molecule has 6 heteroatoms. The lowest BCUT2D eigenvalue weighted by Gasteiger charge is -2.22. The Morgan fingerprint density at radius 3 is 2.86 bits per heavy atom. The highest BCUT2D eigenvalue weighted by atomic mass is 32.1. The van der Waals surface area contributed by atoms with E-state index >= 15 is 0 Å². The lowest BCUT2D eigenvalue weighted by atomic mass is 10.0. The number of hydrogen-bond acceptors (Lipinski definition) is 3. The van der Waals surface area contributed by atoms with Crippen molar-refractivity contribution in [1.82, 2.24) is 4.90 Å². The number of halogens is 1. The summed E-state index contributed by atoms with van der Waals surface area (Å²) in [6.45, 7) is 2.25. The molecule has 1 fully saturated rings. The Hall–Kier alpha value is -1.95. The summed E-state index contributed by atoms with van der Waals surface area (Å²) in [5.41, 5.74) is 0. The van der Waals surface area contributed by atoms with E-state index in [1.54, 1.807) is 12.1 Å². The van der Waals surface area contributed by atoms with Crippen molar-refractivity contribution in [2.24, 2.45) is 5.92 Å². The van der Waals surface area contributed by atoms with Gasteiger partial charge in [-0.3, -0.25) is 4.79 Å². The molecule has 0 aliphatic carbocycles. The van der Waals surface area contributed by atoms with Crippen LogP contribution in [-0.2, 0) is 4.79 Å². The number of aliphatic carboxylic acids is 1. The Morgan fingerprint density at radius 1 is 1.43 bits per heavy atom. The summed E-state index contributed by atoms with van der Waals surface area (Å²) >= 11 is 1.20. The predicted molar refractivity (Wildman–Crippen MR) is 78.0 cm³/mol. The van der Waals surface area contributed by atoms with E-state index < -0.39 is 12.0 Å². The second-order valence-electron chi connectivity index (χ2n) is 5.31. The Bertz CT molecular complexity index is 727. The quantitative estimate of drug-likeness (QED) is 0.928. The summed E-state index contributed by atoms with van der Waals surface area (Å²) in [4.78, 5) is 25.6. The molecule has 2 unspecified atom stereocenters. The molecule has 1 aromatic carbocycles. The zero-order chi connectivity index (χ0) is 15.1. The first-order chi connectivity index (χ1) is 9.99. The van der Waals surface area contributed by atoms with Crippen molar-refractivity contribution in [3.63, 3.8) is 0 Å². The van der Waals surface area contributed by atoms with Crippen LogP contribution in [0.2, 0.25) is 0 Å². The standard InChI is InChI=1S/C15H14FNO3S/c1-8-5-6-17(13(8)15(19)20)14(18)12-7-9-10(16)3-2-4-11(9)21-12/h2-4,7-8,13H,5-6H2,1H3,(H,19,20). The van der Waals surface area contributed by atoms with Crippen LogP contribution in [0, 0.1) is 11.7 Å². The number of fused-ring (bicyclic) bond motifs is 1. The van der Waals surface area contributed by atoms with Crippen LogP contribution >= 0.6 is 11.3 Å². The number of rotatable bonds is 2. The van der Waals surface area contributed by atoms with Crippen LogP contribution in [0.3, 0.4) is 0 Å². The molecule has 1 N–H and O–H groups in total. The normalized spacial score (nSPS) is 21.9. The van der Waals surface area contributed by atoms with Crippen molar-refractivity contribution in [3.8, 4) is 0 Å². The van der Waals surface area contributed by atoms with Gasteiger partial charge in [-0.15, -0.1) is 11.3 Å². The molecule has 1 amide bonds. The van der Waals surface area contributed by atoms with Gasteiger partial charge >= 0.3 is 5.97 Å². The number of hydrogen-bond donors (Lipinski definition) is 1. The van der Waals surface area contributed by atoms with Crippen molar-refractivity contribution in [2.45, 2.75) is 19.4 Å². The van der Waals surface area contributed by atoms with Gasteiger partial charge in [0.1, 0.15) is 11.9 Å². The first-order valence-corrected chi connectivity index (χ1v) is 7.52. The molecule has 2 heterocycles. The highest BCUT2D eigenvalue weighted by molar-refractivity contribution is 7.20. The van der Waals surface area contributed by atoms with Crippen LogP contribution in [0.1, 0.15) is 23.0 Å². The van der Waals surface area contributed by atoms with E-state index in [2.05, 4.69) is 0 Å². The lowest BCUT2D eigenvalue weighted by molar-refractivity contribution is -0.142. The third-order valence-electron chi connectivity index (χ3n) is 3.93. The van der Waals surface area contributed by atoms with Gasteiger partial charge in [-0.2, -0.15) is 0 Å². The Kier molecular flexibility index (Phi) is 3.41. The summed E-state index contributed by atoms with van der Waals surface area (Å²) in [6.07, 6.45) is 0.669. The van der Waals surface area contributed by atoms with E-state index in [1.807, 2.05) is 6.92 Å². The van der Waals surface area contributed by atoms with Gasteiger partial charge < -0.3 is 10.0 Å². The van der Waals surface area contributed by atoms with Crippen molar-refractivity contribution in [2.75, 3.05) is 6.54 Å². The Morgan fingerprint density at radius 2 is 2.19 bits per heavy atom. The minimum absolute atomic E-state index is 0.0717. The fourth-order valence-electron chi connectivity index (χ4n) is 2.82. The van der Waals surface area contributed by atoms with Gasteiger partial charge in [0.05, 0.1) is 4.88 Å². The fourth-order valence-corrected chi connectivity index (χ4v) is 3.85. The molecule has 1 saturated heterocycles. The number of nitrogens with zero attached hydrogens (tertiary/aromatic N) is 1. The van der Waals surface area contributed by atoms with Gasteiger partial charge in [0.15, 0.2) is 0 Å². The molecule has 0 bridgehead atoms. The molecule has 2 atom stereocenters. The molecule has 0 radical (unpaired) electrons. The van der Waals surface area contributed by atoms with Crippen LogP contribution in [0.25, 0.3) is 10.1 Å². The summed E-state index contributed by atoms with van der Waals surface area (Å²) in [7, 11) is 0. The van der Waals surface area contributed by atoms with Gasteiger partial charge in [0, 0.05) is 16.6 Å². The van der Waals surface area contributed by atoms with Crippen LogP contribution in [-0.4, -0.2) is 34.5 Å². The SMILES string of the molecule is CC1CCN(C(=O)c2cc3c(F)cccc3s2)C1C(=O)O. The smallest absolute Gasteiger partial charge is 0.326 e. The van der Waals surface area contributed by atoms with Crippen LogP contribution in [0.5, 0.6) is 0 Å². The monoisotopic (exact) mass is 307 g/mol. The molecule has 1 aliphatic rings. The van der Waals surface area contributed by atoms with Gasteiger partial charge in [-0.05, 0) is 30.5 Å². The zero-order valence-corrected chi connectivity index (χ0v) is 12.2. The predicted octanol–water partition coefficient (Wildman–Crippen LogP) is 2.98. The highest BCUT2D eigenvalue weighted by Crippen LogP contribution is 2.31. The molecule has 0 spiro atoms. The topological polar surface area (TPSA) is 57.6 Å². The van der Waals surface area contributed by atoms with Crippen molar-refractivity contribution in [1.29, 1.82) is 0 Å². The van der Waals surface area contributed by atoms with E-state index in [1.165, 1.54) is 28.4 Å². The number of carbonyl (C=O) groups excluding carboxylic acids is 1. The molecule has 2 aromatic rings. The molecule has 1 aliphatic heterocycles. The molecule has 110 valence electrons. The summed E-state index contributed by atoms with van der Waals surface area (Å²) in [6, 6.07) is 5.41. The first-order valence-electron chi connectivity index (χ1n) is 6.71. The average Bonchev–Trinajstić information content (AvgIpc) is 3.02. The number of likely N-dealkylation sites (tertiary alicyclic amines) is 1. The largest absolute Gasteiger partial charge is 0.480 e. The summed E-state index contributed by atoms with van der Waals surface area (Å²) < 4.78 is 14.4. The average molecular weight is 307 g/mol. The third kappa shape index (κ3) is 2.29. The van der Waals surface area contributed by atoms with Crippen LogP contribution < -0.4 is 0 Å². The second kappa shape index (κ2) is 5.11. The molecule has 0 saturated carbocycles.